The van der Waals surface area contributed by atoms with Crippen molar-refractivity contribution in [3.63, 3.8) is 0 Å². The van der Waals surface area contributed by atoms with Crippen molar-refractivity contribution in [2.75, 3.05) is 11.4 Å². The highest BCUT2D eigenvalue weighted by Gasteiger charge is 2.36. The van der Waals surface area contributed by atoms with E-state index in [-0.39, 0.29) is 24.8 Å². The predicted octanol–water partition coefficient (Wildman–Crippen LogP) is 4.28. The molecule has 2 heterocycles. The molecule has 0 bridgehead atoms. The number of carbonyl (C=O) groups excluding carboxylic acids is 1. The summed E-state index contributed by atoms with van der Waals surface area (Å²) in [5.74, 6) is 0.284. The smallest absolute Gasteiger partial charge is 0.339 e. The van der Waals surface area contributed by atoms with Gasteiger partial charge in [0.25, 0.3) is 0 Å². The summed E-state index contributed by atoms with van der Waals surface area (Å²) in [5, 5.41) is 3.95. The lowest BCUT2D eigenvalue weighted by molar-refractivity contribution is -0.137. The summed E-state index contributed by atoms with van der Waals surface area (Å²) in [4.78, 5) is 18.1. The van der Waals surface area contributed by atoms with E-state index in [1.165, 1.54) is 17.0 Å². The van der Waals surface area contributed by atoms with Crippen molar-refractivity contribution < 1.29 is 22.5 Å². The molecular formula is C19H14F3N3O2. The minimum absolute atomic E-state index is 0.164. The second-order valence-electron chi connectivity index (χ2n) is 6.27. The molecule has 4 rings (SSSR count). The van der Waals surface area contributed by atoms with Crippen LogP contribution in [0.3, 0.4) is 0 Å². The van der Waals surface area contributed by atoms with Gasteiger partial charge >= 0.3 is 6.18 Å². The van der Waals surface area contributed by atoms with Crippen LogP contribution >= 0.6 is 0 Å². The van der Waals surface area contributed by atoms with Crippen LogP contribution < -0.4 is 4.90 Å². The van der Waals surface area contributed by atoms with E-state index in [0.29, 0.717) is 17.4 Å². The topological polar surface area (TPSA) is 59.2 Å². The SMILES string of the molecule is O=C1CC(c2nc(-c3ccccc3)no2)CN1c1ccc(C(F)(F)F)cc1. The zero-order chi connectivity index (χ0) is 19.0. The molecule has 0 aliphatic carbocycles. The Hall–Kier alpha value is -3.16. The zero-order valence-electron chi connectivity index (χ0n) is 14.0. The van der Waals surface area contributed by atoms with Crippen molar-refractivity contribution in [2.24, 2.45) is 0 Å². The summed E-state index contributed by atoms with van der Waals surface area (Å²) in [6.07, 6.45) is -4.24. The maximum atomic E-state index is 12.7. The fraction of sp³-hybridized carbons (Fsp3) is 0.211. The molecule has 3 aromatic rings. The Morgan fingerprint density at radius 2 is 1.74 bits per heavy atom. The van der Waals surface area contributed by atoms with Crippen LogP contribution in [0.25, 0.3) is 11.4 Å². The number of aromatic nitrogens is 2. The molecule has 1 saturated heterocycles. The van der Waals surface area contributed by atoms with Crippen molar-refractivity contribution in [3.05, 3.63) is 66.1 Å². The Bertz CT molecular complexity index is 952. The molecule has 2 aromatic carbocycles. The van der Waals surface area contributed by atoms with Gasteiger partial charge in [-0.3, -0.25) is 4.79 Å². The van der Waals surface area contributed by atoms with E-state index in [1.54, 1.807) is 0 Å². The van der Waals surface area contributed by atoms with Crippen molar-refractivity contribution in [3.8, 4) is 11.4 Å². The molecule has 1 aliphatic heterocycles. The molecule has 1 aromatic heterocycles. The van der Waals surface area contributed by atoms with E-state index in [4.69, 9.17) is 4.52 Å². The van der Waals surface area contributed by atoms with E-state index in [9.17, 15) is 18.0 Å². The minimum atomic E-state index is -4.41. The molecule has 1 unspecified atom stereocenters. The molecule has 0 radical (unpaired) electrons. The molecule has 1 amide bonds. The second-order valence-corrected chi connectivity index (χ2v) is 6.27. The van der Waals surface area contributed by atoms with Crippen LogP contribution in [-0.2, 0) is 11.0 Å². The average molecular weight is 373 g/mol. The Morgan fingerprint density at radius 1 is 1.04 bits per heavy atom. The predicted molar refractivity (Wildman–Crippen MR) is 90.9 cm³/mol. The van der Waals surface area contributed by atoms with Gasteiger partial charge in [0.2, 0.25) is 17.6 Å². The number of rotatable bonds is 3. The first kappa shape index (κ1) is 17.3. The minimum Gasteiger partial charge on any atom is -0.339 e. The number of amides is 1. The Kier molecular flexibility index (Phi) is 4.18. The summed E-state index contributed by atoms with van der Waals surface area (Å²) >= 11 is 0. The van der Waals surface area contributed by atoms with Gasteiger partial charge < -0.3 is 9.42 Å². The zero-order valence-corrected chi connectivity index (χ0v) is 14.0. The highest BCUT2D eigenvalue weighted by Crippen LogP contribution is 2.34. The van der Waals surface area contributed by atoms with Gasteiger partial charge in [-0.05, 0) is 24.3 Å². The van der Waals surface area contributed by atoms with Crippen molar-refractivity contribution in [1.82, 2.24) is 10.1 Å². The average Bonchev–Trinajstić information content (AvgIpc) is 3.29. The summed E-state index contributed by atoms with van der Waals surface area (Å²) < 4.78 is 43.4. The van der Waals surface area contributed by atoms with Crippen LogP contribution in [0.1, 0.15) is 23.8 Å². The number of anilines is 1. The van der Waals surface area contributed by atoms with Crippen LogP contribution in [0, 0.1) is 0 Å². The molecule has 1 atom stereocenters. The van der Waals surface area contributed by atoms with Crippen LogP contribution in [0.15, 0.2) is 59.1 Å². The van der Waals surface area contributed by atoms with Gasteiger partial charge in [-0.2, -0.15) is 18.2 Å². The summed E-state index contributed by atoms with van der Waals surface area (Å²) in [7, 11) is 0. The first-order chi connectivity index (χ1) is 12.9. The fourth-order valence-corrected chi connectivity index (χ4v) is 3.06. The highest BCUT2D eigenvalue weighted by atomic mass is 19.4. The Balaban J connectivity index is 1.52. The number of carbonyl (C=O) groups is 1. The third-order valence-electron chi connectivity index (χ3n) is 4.45. The van der Waals surface area contributed by atoms with E-state index in [0.717, 1.165) is 17.7 Å². The number of alkyl halides is 3. The van der Waals surface area contributed by atoms with Crippen LogP contribution in [0.2, 0.25) is 0 Å². The monoisotopic (exact) mass is 373 g/mol. The first-order valence-electron chi connectivity index (χ1n) is 8.28. The molecule has 0 saturated carbocycles. The molecule has 0 spiro atoms. The largest absolute Gasteiger partial charge is 0.416 e. The third-order valence-corrected chi connectivity index (χ3v) is 4.45. The van der Waals surface area contributed by atoms with Gasteiger partial charge in [-0.1, -0.05) is 35.5 Å². The highest BCUT2D eigenvalue weighted by molar-refractivity contribution is 5.96. The summed E-state index contributed by atoms with van der Waals surface area (Å²) in [5.41, 5.74) is 0.466. The third kappa shape index (κ3) is 3.42. The van der Waals surface area contributed by atoms with Crippen LogP contribution in [0.4, 0.5) is 18.9 Å². The lowest BCUT2D eigenvalue weighted by Gasteiger charge is -2.17. The molecule has 138 valence electrons. The first-order valence-corrected chi connectivity index (χ1v) is 8.28. The fourth-order valence-electron chi connectivity index (χ4n) is 3.06. The Labute approximate surface area is 152 Å². The van der Waals surface area contributed by atoms with E-state index in [2.05, 4.69) is 10.1 Å². The van der Waals surface area contributed by atoms with Crippen LogP contribution in [-0.4, -0.2) is 22.6 Å². The van der Waals surface area contributed by atoms with E-state index >= 15 is 0 Å². The van der Waals surface area contributed by atoms with Gasteiger partial charge in [-0.25, -0.2) is 0 Å². The number of halogens is 3. The van der Waals surface area contributed by atoms with E-state index < -0.39 is 11.7 Å². The molecule has 5 nitrogen and oxygen atoms in total. The molecule has 0 N–H and O–H groups in total. The number of hydrogen-bond donors (Lipinski definition) is 0. The number of nitrogens with zero attached hydrogens (tertiary/aromatic N) is 3. The number of hydrogen-bond acceptors (Lipinski definition) is 4. The summed E-state index contributed by atoms with van der Waals surface area (Å²) in [6.45, 7) is 0.278. The van der Waals surface area contributed by atoms with Gasteiger partial charge in [0.05, 0.1) is 11.5 Å². The van der Waals surface area contributed by atoms with Gasteiger partial charge in [0, 0.05) is 24.2 Å². The molecule has 8 heteroatoms. The normalized spacial score (nSPS) is 17.5. The molecule has 27 heavy (non-hydrogen) atoms. The Morgan fingerprint density at radius 3 is 2.41 bits per heavy atom. The van der Waals surface area contributed by atoms with Gasteiger partial charge in [-0.15, -0.1) is 0 Å². The number of benzene rings is 2. The molecule has 1 fully saturated rings. The van der Waals surface area contributed by atoms with Crippen molar-refractivity contribution >= 4 is 11.6 Å². The maximum absolute atomic E-state index is 12.7. The maximum Gasteiger partial charge on any atom is 0.416 e. The lowest BCUT2D eigenvalue weighted by Crippen LogP contribution is -2.24. The second kappa shape index (κ2) is 6.53. The van der Waals surface area contributed by atoms with Gasteiger partial charge in [0.1, 0.15) is 0 Å². The van der Waals surface area contributed by atoms with Crippen molar-refractivity contribution in [2.45, 2.75) is 18.5 Å². The van der Waals surface area contributed by atoms with Crippen molar-refractivity contribution in [1.29, 1.82) is 0 Å². The standard InChI is InChI=1S/C19H14F3N3O2/c20-19(21,22)14-6-8-15(9-7-14)25-11-13(10-16(25)26)18-23-17(24-27-18)12-4-2-1-3-5-12/h1-9,13H,10-11H2. The molecule has 1 aliphatic rings. The van der Waals surface area contributed by atoms with E-state index in [1.807, 2.05) is 30.3 Å². The lowest BCUT2D eigenvalue weighted by atomic mass is 10.1. The summed E-state index contributed by atoms with van der Waals surface area (Å²) in [6, 6.07) is 13.8. The van der Waals surface area contributed by atoms with Gasteiger partial charge in [0.15, 0.2) is 0 Å². The van der Waals surface area contributed by atoms with Crippen LogP contribution in [0.5, 0.6) is 0 Å². The quantitative estimate of drug-likeness (QED) is 0.688. The molecular weight excluding hydrogens is 359 g/mol.